The van der Waals surface area contributed by atoms with E-state index in [0.717, 1.165) is 23.7 Å². The molecular formula is C20H34. The molecule has 0 saturated heterocycles. The lowest BCUT2D eigenvalue weighted by atomic mass is 9.61. The van der Waals surface area contributed by atoms with Crippen LogP contribution in [-0.2, 0) is 0 Å². The minimum absolute atomic E-state index is 0.551. The van der Waals surface area contributed by atoms with Crippen LogP contribution in [-0.4, -0.2) is 0 Å². The smallest absolute Gasteiger partial charge is 0.00705 e. The van der Waals surface area contributed by atoms with E-state index in [1.807, 2.05) is 0 Å². The van der Waals surface area contributed by atoms with Gasteiger partial charge in [-0.25, -0.2) is 0 Å². The van der Waals surface area contributed by atoms with Crippen LogP contribution in [0, 0.1) is 29.1 Å². The van der Waals surface area contributed by atoms with E-state index in [4.69, 9.17) is 0 Å². The molecule has 4 atom stereocenters. The van der Waals surface area contributed by atoms with Crippen LogP contribution in [0.1, 0.15) is 79.1 Å². The van der Waals surface area contributed by atoms with Crippen molar-refractivity contribution in [3.63, 3.8) is 0 Å². The van der Waals surface area contributed by atoms with Crippen molar-refractivity contribution < 1.29 is 0 Å². The van der Waals surface area contributed by atoms with Gasteiger partial charge in [0.25, 0.3) is 0 Å². The number of rotatable bonds is 5. The molecule has 114 valence electrons. The van der Waals surface area contributed by atoms with Crippen molar-refractivity contribution in [2.24, 2.45) is 29.1 Å². The van der Waals surface area contributed by atoms with Gasteiger partial charge in [0.15, 0.2) is 0 Å². The Morgan fingerprint density at radius 2 is 2.00 bits per heavy atom. The van der Waals surface area contributed by atoms with Crippen LogP contribution < -0.4 is 0 Å². The van der Waals surface area contributed by atoms with Gasteiger partial charge in [-0.2, -0.15) is 0 Å². The molecule has 0 aliphatic heterocycles. The number of hydrogen-bond donors (Lipinski definition) is 0. The van der Waals surface area contributed by atoms with Crippen molar-refractivity contribution in [3.05, 3.63) is 17.9 Å². The molecule has 20 heavy (non-hydrogen) atoms. The maximum atomic E-state index is 3.95. The van der Waals surface area contributed by atoms with E-state index in [0.29, 0.717) is 5.41 Å². The quantitative estimate of drug-likeness (QED) is 0.510. The van der Waals surface area contributed by atoms with Crippen molar-refractivity contribution in [2.75, 3.05) is 0 Å². The normalized spacial score (nSPS) is 35.0. The summed E-state index contributed by atoms with van der Waals surface area (Å²) in [6.07, 6.45) is 11.1. The van der Waals surface area contributed by atoms with Crippen LogP contribution in [0.4, 0.5) is 0 Å². The Morgan fingerprint density at radius 1 is 1.25 bits per heavy atom. The Balaban J connectivity index is 2.01. The van der Waals surface area contributed by atoms with E-state index >= 15 is 0 Å². The summed E-state index contributed by atoms with van der Waals surface area (Å²) in [6.45, 7) is 13.7. The molecule has 0 nitrogen and oxygen atoms in total. The summed E-state index contributed by atoms with van der Waals surface area (Å²) in [6, 6.07) is 0. The van der Waals surface area contributed by atoms with Crippen molar-refractivity contribution in [1.29, 1.82) is 0 Å². The fraction of sp³-hybridized carbons (Fsp3) is 0.850. The highest BCUT2D eigenvalue weighted by Crippen LogP contribution is 2.59. The molecule has 2 rings (SSSR count). The summed E-state index contributed by atoms with van der Waals surface area (Å²) in [5.41, 5.74) is 5.39. The average molecular weight is 274 g/mol. The third kappa shape index (κ3) is 3.06. The first-order valence-corrected chi connectivity index (χ1v) is 8.88. The molecule has 0 N–H and O–H groups in total. The molecular weight excluding hydrogens is 240 g/mol. The Labute approximate surface area is 126 Å². The Bertz CT molecular complexity index is 371. The molecule has 0 aromatic rings. The SMILES string of the molecule is C=C=C1CCC[C@]2(C)[C@@H]([C@H](C)CCCC(C)C)CC[C@@H]12. The second kappa shape index (κ2) is 6.52. The maximum Gasteiger partial charge on any atom is -0.00705 e. The van der Waals surface area contributed by atoms with E-state index in [9.17, 15) is 0 Å². The third-order valence-electron chi connectivity index (χ3n) is 6.35. The predicted octanol–water partition coefficient (Wildman–Crippen LogP) is 6.38. The van der Waals surface area contributed by atoms with E-state index in [1.54, 1.807) is 5.57 Å². The molecule has 2 aliphatic rings. The lowest BCUT2D eigenvalue weighted by Gasteiger charge is -2.44. The molecule has 2 fully saturated rings. The van der Waals surface area contributed by atoms with Crippen molar-refractivity contribution in [1.82, 2.24) is 0 Å². The van der Waals surface area contributed by atoms with Crippen LogP contribution in [0.25, 0.3) is 0 Å². The zero-order valence-corrected chi connectivity index (χ0v) is 14.2. The van der Waals surface area contributed by atoms with Crippen LogP contribution in [0.5, 0.6) is 0 Å². The van der Waals surface area contributed by atoms with Gasteiger partial charge in [-0.15, -0.1) is 5.73 Å². The van der Waals surface area contributed by atoms with Crippen LogP contribution in [0.15, 0.2) is 17.9 Å². The van der Waals surface area contributed by atoms with Crippen LogP contribution in [0.2, 0.25) is 0 Å². The Kier molecular flexibility index (Phi) is 5.19. The average Bonchev–Trinajstić information content (AvgIpc) is 2.75. The highest BCUT2D eigenvalue weighted by atomic mass is 14.5. The number of hydrogen-bond acceptors (Lipinski definition) is 0. The summed E-state index contributed by atoms with van der Waals surface area (Å²) < 4.78 is 0. The van der Waals surface area contributed by atoms with Crippen LogP contribution >= 0.6 is 0 Å². The first kappa shape index (κ1) is 15.9. The van der Waals surface area contributed by atoms with Gasteiger partial charge in [0, 0.05) is 0 Å². The van der Waals surface area contributed by atoms with E-state index in [-0.39, 0.29) is 0 Å². The Hall–Kier alpha value is -0.480. The van der Waals surface area contributed by atoms with E-state index in [2.05, 4.69) is 40.0 Å². The zero-order chi connectivity index (χ0) is 14.8. The summed E-state index contributed by atoms with van der Waals surface area (Å²) >= 11 is 0. The van der Waals surface area contributed by atoms with E-state index < -0.39 is 0 Å². The lowest BCUT2D eigenvalue weighted by molar-refractivity contribution is 0.0930. The summed E-state index contributed by atoms with van der Waals surface area (Å²) in [4.78, 5) is 0. The maximum absolute atomic E-state index is 3.95. The number of fused-ring (bicyclic) bond motifs is 1. The molecule has 2 aliphatic carbocycles. The molecule has 0 aromatic heterocycles. The topological polar surface area (TPSA) is 0 Å². The second-order valence-corrected chi connectivity index (χ2v) is 8.10. The molecule has 0 heterocycles. The fourth-order valence-corrected chi connectivity index (χ4v) is 5.23. The van der Waals surface area contributed by atoms with Gasteiger partial charge in [0.1, 0.15) is 0 Å². The van der Waals surface area contributed by atoms with Gasteiger partial charge in [-0.1, -0.05) is 53.5 Å². The minimum Gasteiger partial charge on any atom is -0.129 e. The summed E-state index contributed by atoms with van der Waals surface area (Å²) in [7, 11) is 0. The van der Waals surface area contributed by atoms with Crippen molar-refractivity contribution in [3.8, 4) is 0 Å². The highest BCUT2D eigenvalue weighted by Gasteiger charge is 2.50. The monoisotopic (exact) mass is 274 g/mol. The summed E-state index contributed by atoms with van der Waals surface area (Å²) in [5.74, 6) is 3.49. The van der Waals surface area contributed by atoms with Gasteiger partial charge in [0.2, 0.25) is 0 Å². The molecule has 0 aromatic carbocycles. The molecule has 0 radical (unpaired) electrons. The van der Waals surface area contributed by atoms with Gasteiger partial charge in [-0.3, -0.25) is 0 Å². The first-order chi connectivity index (χ1) is 9.49. The Morgan fingerprint density at radius 3 is 2.65 bits per heavy atom. The van der Waals surface area contributed by atoms with Crippen molar-refractivity contribution >= 4 is 0 Å². The first-order valence-electron chi connectivity index (χ1n) is 8.88. The molecule has 0 spiro atoms. The molecule has 0 amide bonds. The predicted molar refractivity (Wildman–Crippen MR) is 88.7 cm³/mol. The van der Waals surface area contributed by atoms with E-state index in [1.165, 1.54) is 51.4 Å². The lowest BCUT2D eigenvalue weighted by Crippen LogP contribution is -2.35. The third-order valence-corrected chi connectivity index (χ3v) is 6.35. The van der Waals surface area contributed by atoms with Gasteiger partial charge < -0.3 is 0 Å². The van der Waals surface area contributed by atoms with Gasteiger partial charge >= 0.3 is 0 Å². The highest BCUT2D eigenvalue weighted by molar-refractivity contribution is 5.17. The fourth-order valence-electron chi connectivity index (χ4n) is 5.23. The van der Waals surface area contributed by atoms with Crippen LogP contribution in [0.3, 0.4) is 0 Å². The number of allylic oxidation sites excluding steroid dienone is 1. The molecule has 0 bridgehead atoms. The van der Waals surface area contributed by atoms with Gasteiger partial charge in [-0.05, 0) is 66.8 Å². The molecule has 0 unspecified atom stereocenters. The zero-order valence-electron chi connectivity index (χ0n) is 14.2. The second-order valence-electron chi connectivity index (χ2n) is 8.10. The standard InChI is InChI=1S/C20H34/c1-6-17-11-8-14-20(5)18(12-13-19(17)20)16(4)10-7-9-15(2)3/h15-16,18-19H,1,7-14H2,2-5H3/t16-,18-,19+,20-/m1/s1. The summed E-state index contributed by atoms with van der Waals surface area (Å²) in [5, 5.41) is 0. The minimum atomic E-state index is 0.551. The molecule has 2 saturated carbocycles. The van der Waals surface area contributed by atoms with Crippen molar-refractivity contribution in [2.45, 2.75) is 79.1 Å². The molecule has 0 heteroatoms. The largest absolute Gasteiger partial charge is 0.129 e. The van der Waals surface area contributed by atoms with Gasteiger partial charge in [0.05, 0.1) is 0 Å².